The average molecular weight is 246 g/mol. The van der Waals surface area contributed by atoms with E-state index in [-0.39, 0.29) is 0 Å². The molecule has 0 saturated heterocycles. The fraction of sp³-hybridized carbons (Fsp3) is 0.222. The van der Waals surface area contributed by atoms with Gasteiger partial charge in [0.2, 0.25) is 5.96 Å². The van der Waals surface area contributed by atoms with Crippen LogP contribution in [0.25, 0.3) is 0 Å². The first kappa shape index (κ1) is 10.5. The molecular formula is C9H9Cl2N3O. The SMILES string of the molecule is ON1CCN=C1Nc1cc(Cl)cc(Cl)c1. The zero-order valence-electron chi connectivity index (χ0n) is 7.74. The molecule has 0 amide bonds. The maximum atomic E-state index is 9.36. The van der Waals surface area contributed by atoms with Crippen LogP contribution in [0.1, 0.15) is 0 Å². The van der Waals surface area contributed by atoms with E-state index in [1.807, 2.05) is 0 Å². The molecule has 80 valence electrons. The lowest BCUT2D eigenvalue weighted by Crippen LogP contribution is -2.29. The van der Waals surface area contributed by atoms with E-state index < -0.39 is 0 Å². The normalized spacial score (nSPS) is 15.4. The summed E-state index contributed by atoms with van der Waals surface area (Å²) in [5.74, 6) is 0.410. The van der Waals surface area contributed by atoms with Crippen LogP contribution in [0.4, 0.5) is 5.69 Å². The van der Waals surface area contributed by atoms with Crippen LogP contribution in [-0.2, 0) is 0 Å². The second kappa shape index (κ2) is 4.26. The molecule has 1 aliphatic rings. The van der Waals surface area contributed by atoms with Crippen LogP contribution in [0, 0.1) is 0 Å². The number of nitrogens with zero attached hydrogens (tertiary/aromatic N) is 2. The summed E-state index contributed by atoms with van der Waals surface area (Å²) in [5, 5.41) is 14.4. The average Bonchev–Trinajstić information content (AvgIpc) is 2.50. The maximum Gasteiger partial charge on any atom is 0.222 e. The fourth-order valence-corrected chi connectivity index (χ4v) is 1.82. The van der Waals surface area contributed by atoms with E-state index in [9.17, 15) is 5.21 Å². The Morgan fingerprint density at radius 2 is 1.93 bits per heavy atom. The van der Waals surface area contributed by atoms with E-state index in [4.69, 9.17) is 23.2 Å². The Bertz CT molecular complexity index is 388. The molecule has 0 bridgehead atoms. The van der Waals surface area contributed by atoms with Gasteiger partial charge in [-0.25, -0.2) is 10.1 Å². The minimum Gasteiger partial charge on any atom is -0.324 e. The molecule has 0 atom stereocenters. The molecule has 0 unspecified atom stereocenters. The van der Waals surface area contributed by atoms with Gasteiger partial charge in [-0.1, -0.05) is 23.2 Å². The maximum absolute atomic E-state index is 9.36. The number of aliphatic imine (C=N–C) groups is 1. The predicted molar refractivity (Wildman–Crippen MR) is 60.9 cm³/mol. The largest absolute Gasteiger partial charge is 0.324 e. The quantitative estimate of drug-likeness (QED) is 0.800. The smallest absolute Gasteiger partial charge is 0.222 e. The van der Waals surface area contributed by atoms with Crippen molar-refractivity contribution in [2.75, 3.05) is 18.4 Å². The number of benzene rings is 1. The Kier molecular flexibility index (Phi) is 3.00. The summed E-state index contributed by atoms with van der Waals surface area (Å²) in [7, 11) is 0. The molecule has 2 rings (SSSR count). The highest BCUT2D eigenvalue weighted by atomic mass is 35.5. The second-order valence-corrected chi connectivity index (χ2v) is 3.98. The van der Waals surface area contributed by atoms with Crippen molar-refractivity contribution in [3.05, 3.63) is 28.2 Å². The van der Waals surface area contributed by atoms with Gasteiger partial charge in [-0.2, -0.15) is 0 Å². The number of halogens is 2. The minimum atomic E-state index is 0.410. The summed E-state index contributed by atoms with van der Waals surface area (Å²) in [6, 6.07) is 5.06. The second-order valence-electron chi connectivity index (χ2n) is 3.11. The highest BCUT2D eigenvalue weighted by molar-refractivity contribution is 6.35. The fourth-order valence-electron chi connectivity index (χ4n) is 1.30. The highest BCUT2D eigenvalue weighted by Crippen LogP contribution is 2.22. The summed E-state index contributed by atoms with van der Waals surface area (Å²) in [4.78, 5) is 4.07. The first-order valence-electron chi connectivity index (χ1n) is 4.39. The lowest BCUT2D eigenvalue weighted by Gasteiger charge is -2.13. The number of hydrogen-bond acceptors (Lipinski definition) is 4. The molecule has 4 nitrogen and oxygen atoms in total. The van der Waals surface area contributed by atoms with Gasteiger partial charge in [-0.15, -0.1) is 0 Å². The third-order valence-electron chi connectivity index (χ3n) is 1.94. The van der Waals surface area contributed by atoms with Gasteiger partial charge in [0.15, 0.2) is 0 Å². The summed E-state index contributed by atoms with van der Waals surface area (Å²) in [5.41, 5.74) is 0.701. The molecule has 1 heterocycles. The lowest BCUT2D eigenvalue weighted by molar-refractivity contribution is -0.00269. The molecular weight excluding hydrogens is 237 g/mol. The van der Waals surface area contributed by atoms with Gasteiger partial charge < -0.3 is 5.32 Å². The number of nitrogens with one attached hydrogen (secondary N) is 1. The van der Waals surface area contributed by atoms with Crippen molar-refractivity contribution >= 4 is 34.8 Å². The van der Waals surface area contributed by atoms with Crippen LogP contribution >= 0.6 is 23.2 Å². The van der Waals surface area contributed by atoms with Gasteiger partial charge in [0.1, 0.15) is 0 Å². The molecule has 6 heteroatoms. The van der Waals surface area contributed by atoms with E-state index in [0.717, 1.165) is 5.06 Å². The molecule has 0 saturated carbocycles. The van der Waals surface area contributed by atoms with E-state index in [1.54, 1.807) is 18.2 Å². The van der Waals surface area contributed by atoms with Gasteiger partial charge in [-0.3, -0.25) is 5.21 Å². The number of rotatable bonds is 1. The van der Waals surface area contributed by atoms with Crippen molar-refractivity contribution in [2.45, 2.75) is 0 Å². The molecule has 0 aromatic heterocycles. The minimum absolute atomic E-state index is 0.410. The Balaban J connectivity index is 2.17. The topological polar surface area (TPSA) is 47.9 Å². The Labute approximate surface area is 97.1 Å². The van der Waals surface area contributed by atoms with Gasteiger partial charge >= 0.3 is 0 Å². The van der Waals surface area contributed by atoms with Gasteiger partial charge in [0.25, 0.3) is 0 Å². The molecule has 0 radical (unpaired) electrons. The van der Waals surface area contributed by atoms with Crippen molar-refractivity contribution in [1.29, 1.82) is 0 Å². The Hall–Kier alpha value is -0.970. The molecule has 15 heavy (non-hydrogen) atoms. The van der Waals surface area contributed by atoms with Gasteiger partial charge in [0, 0.05) is 15.7 Å². The van der Waals surface area contributed by atoms with Crippen LogP contribution in [0.2, 0.25) is 10.0 Å². The standard InChI is InChI=1S/C9H9Cl2N3O/c10-6-3-7(11)5-8(4-6)13-9-12-1-2-14(9)15/h3-5,15H,1-2H2,(H,12,13). The summed E-state index contributed by atoms with van der Waals surface area (Å²) >= 11 is 11.7. The molecule has 1 aliphatic heterocycles. The van der Waals surface area contributed by atoms with Crippen LogP contribution in [0.3, 0.4) is 0 Å². The monoisotopic (exact) mass is 245 g/mol. The first-order valence-corrected chi connectivity index (χ1v) is 5.15. The van der Waals surface area contributed by atoms with Crippen molar-refractivity contribution < 1.29 is 5.21 Å². The number of anilines is 1. The summed E-state index contributed by atoms with van der Waals surface area (Å²) in [6.07, 6.45) is 0. The third kappa shape index (κ3) is 2.53. The van der Waals surface area contributed by atoms with Crippen molar-refractivity contribution in [1.82, 2.24) is 5.06 Å². The zero-order valence-corrected chi connectivity index (χ0v) is 9.26. The van der Waals surface area contributed by atoms with E-state index in [2.05, 4.69) is 10.3 Å². The molecule has 0 fully saturated rings. The summed E-state index contributed by atoms with van der Waals surface area (Å²) < 4.78 is 0. The summed E-state index contributed by atoms with van der Waals surface area (Å²) in [6.45, 7) is 1.07. The number of guanidine groups is 1. The third-order valence-corrected chi connectivity index (χ3v) is 2.37. The van der Waals surface area contributed by atoms with E-state index >= 15 is 0 Å². The number of hydroxylamine groups is 2. The molecule has 0 spiro atoms. The van der Waals surface area contributed by atoms with Gasteiger partial charge in [-0.05, 0) is 18.2 Å². The molecule has 2 N–H and O–H groups in total. The van der Waals surface area contributed by atoms with E-state index in [0.29, 0.717) is 34.8 Å². The molecule has 0 aliphatic carbocycles. The van der Waals surface area contributed by atoms with Crippen molar-refractivity contribution in [2.24, 2.45) is 4.99 Å². The van der Waals surface area contributed by atoms with E-state index in [1.165, 1.54) is 0 Å². The Morgan fingerprint density at radius 3 is 2.47 bits per heavy atom. The molecule has 1 aromatic carbocycles. The van der Waals surface area contributed by atoms with Crippen LogP contribution in [0.5, 0.6) is 0 Å². The van der Waals surface area contributed by atoms with Crippen molar-refractivity contribution in [3.63, 3.8) is 0 Å². The Morgan fingerprint density at radius 1 is 1.27 bits per heavy atom. The predicted octanol–water partition coefficient (Wildman–Crippen LogP) is 2.47. The first-order chi connectivity index (χ1) is 7.15. The highest BCUT2D eigenvalue weighted by Gasteiger charge is 2.14. The van der Waals surface area contributed by atoms with Crippen LogP contribution in [0.15, 0.2) is 23.2 Å². The van der Waals surface area contributed by atoms with Crippen molar-refractivity contribution in [3.8, 4) is 0 Å². The number of hydrogen-bond donors (Lipinski definition) is 2. The van der Waals surface area contributed by atoms with Crippen LogP contribution in [-0.4, -0.2) is 29.3 Å². The lowest BCUT2D eigenvalue weighted by atomic mass is 10.3. The molecule has 1 aromatic rings. The van der Waals surface area contributed by atoms with Crippen LogP contribution < -0.4 is 5.32 Å². The van der Waals surface area contributed by atoms with Gasteiger partial charge in [0.05, 0.1) is 13.1 Å². The zero-order chi connectivity index (χ0) is 10.8.